The Labute approximate surface area is 84.7 Å². The van der Waals surface area contributed by atoms with E-state index in [0.717, 1.165) is 0 Å². The minimum atomic E-state index is -0.405. The van der Waals surface area contributed by atoms with Gasteiger partial charge in [-0.15, -0.1) is 11.6 Å². The number of carbonyl (C=O) groups is 1. The van der Waals surface area contributed by atoms with Gasteiger partial charge >= 0.3 is 0 Å². The van der Waals surface area contributed by atoms with Gasteiger partial charge in [-0.05, 0) is 12.1 Å². The number of ketones is 1. The molecule has 0 bridgehead atoms. The third-order valence-corrected chi connectivity index (χ3v) is 2.32. The number of Topliss-reactive ketones (excluding diaryl/α,β-unsaturated/α-hetero) is 1. The highest BCUT2D eigenvalue weighted by Crippen LogP contribution is 2.21. The third kappa shape index (κ3) is 1.30. The average Bonchev–Trinajstić information content (AvgIpc) is 2.62. The van der Waals surface area contributed by atoms with E-state index in [1.54, 1.807) is 12.1 Å². The number of aromatic amines is 1. The van der Waals surface area contributed by atoms with E-state index in [9.17, 15) is 9.18 Å². The number of benzene rings is 1. The van der Waals surface area contributed by atoms with Gasteiger partial charge in [-0.25, -0.2) is 4.39 Å². The van der Waals surface area contributed by atoms with E-state index < -0.39 is 5.82 Å². The van der Waals surface area contributed by atoms with Crippen LogP contribution in [-0.2, 0) is 0 Å². The fraction of sp³-hybridized carbons (Fsp3) is 0.100. The highest BCUT2D eigenvalue weighted by Gasteiger charge is 2.13. The summed E-state index contributed by atoms with van der Waals surface area (Å²) in [6.07, 6.45) is 1.48. The quantitative estimate of drug-likeness (QED) is 0.601. The van der Waals surface area contributed by atoms with E-state index >= 15 is 0 Å². The van der Waals surface area contributed by atoms with Crippen molar-refractivity contribution in [3.8, 4) is 0 Å². The molecule has 0 saturated carbocycles. The Morgan fingerprint density at radius 2 is 2.29 bits per heavy atom. The zero-order valence-corrected chi connectivity index (χ0v) is 7.94. The molecule has 2 nitrogen and oxygen atoms in total. The molecule has 2 aromatic rings. The number of halogens is 2. The second kappa shape index (κ2) is 3.42. The number of alkyl halides is 1. The Morgan fingerprint density at radius 3 is 3.00 bits per heavy atom. The molecule has 0 spiro atoms. The standard InChI is InChI=1S/C10H7ClFNO/c11-4-9(14)6-5-13-8-3-1-2-7(12)10(6)8/h1-3,5,13H,4H2. The zero-order chi connectivity index (χ0) is 10.1. The summed E-state index contributed by atoms with van der Waals surface area (Å²) in [6.45, 7) is 0. The van der Waals surface area contributed by atoms with Gasteiger partial charge in [-0.3, -0.25) is 4.79 Å². The van der Waals surface area contributed by atoms with Crippen LogP contribution in [0.25, 0.3) is 10.9 Å². The molecule has 1 heterocycles. The number of carbonyl (C=O) groups excluding carboxylic acids is 1. The Balaban J connectivity index is 2.73. The second-order valence-electron chi connectivity index (χ2n) is 2.92. The molecular formula is C10H7ClFNO. The van der Waals surface area contributed by atoms with Crippen LogP contribution in [0.3, 0.4) is 0 Å². The zero-order valence-electron chi connectivity index (χ0n) is 7.18. The van der Waals surface area contributed by atoms with Crippen LogP contribution in [0.5, 0.6) is 0 Å². The van der Waals surface area contributed by atoms with Crippen LogP contribution in [0.2, 0.25) is 0 Å². The summed E-state index contributed by atoms with van der Waals surface area (Å²) in [4.78, 5) is 14.1. The average molecular weight is 212 g/mol. The van der Waals surface area contributed by atoms with Crippen molar-refractivity contribution < 1.29 is 9.18 Å². The maximum atomic E-state index is 13.4. The number of hydrogen-bond donors (Lipinski definition) is 1. The van der Waals surface area contributed by atoms with Crippen molar-refractivity contribution in [1.82, 2.24) is 4.98 Å². The summed E-state index contributed by atoms with van der Waals surface area (Å²) < 4.78 is 13.4. The molecule has 0 aliphatic rings. The molecule has 0 radical (unpaired) electrons. The summed E-state index contributed by atoms with van der Waals surface area (Å²) >= 11 is 5.41. The lowest BCUT2D eigenvalue weighted by Gasteiger charge is -1.95. The van der Waals surface area contributed by atoms with Gasteiger partial charge in [0.25, 0.3) is 0 Å². The summed E-state index contributed by atoms with van der Waals surface area (Å²) in [5, 5.41) is 0.318. The van der Waals surface area contributed by atoms with E-state index in [-0.39, 0.29) is 11.7 Å². The Hall–Kier alpha value is -1.35. The molecule has 0 fully saturated rings. The van der Waals surface area contributed by atoms with Crippen molar-refractivity contribution in [2.45, 2.75) is 0 Å². The molecule has 1 aromatic heterocycles. The van der Waals surface area contributed by atoms with Gasteiger partial charge in [-0.2, -0.15) is 0 Å². The van der Waals surface area contributed by atoms with Crippen LogP contribution in [0.15, 0.2) is 24.4 Å². The summed E-state index contributed by atoms with van der Waals surface area (Å²) in [7, 11) is 0. The van der Waals surface area contributed by atoms with Crippen LogP contribution in [0.4, 0.5) is 4.39 Å². The van der Waals surface area contributed by atoms with Gasteiger partial charge in [0.05, 0.1) is 5.88 Å². The van der Waals surface area contributed by atoms with Crippen molar-refractivity contribution in [2.75, 3.05) is 5.88 Å². The van der Waals surface area contributed by atoms with Gasteiger partial charge in [0, 0.05) is 22.7 Å². The first-order valence-electron chi connectivity index (χ1n) is 4.09. The molecule has 0 amide bonds. The van der Waals surface area contributed by atoms with E-state index in [0.29, 0.717) is 16.5 Å². The number of H-pyrrole nitrogens is 1. The molecule has 14 heavy (non-hydrogen) atoms. The first kappa shape index (κ1) is 9.21. The molecule has 2 rings (SSSR count). The van der Waals surface area contributed by atoms with E-state index in [1.165, 1.54) is 12.3 Å². The van der Waals surface area contributed by atoms with Crippen LogP contribution in [-0.4, -0.2) is 16.6 Å². The topological polar surface area (TPSA) is 32.9 Å². The SMILES string of the molecule is O=C(CCl)c1c[nH]c2cccc(F)c12. The lowest BCUT2D eigenvalue weighted by Crippen LogP contribution is -1.99. The summed E-state index contributed by atoms with van der Waals surface area (Å²) in [5.41, 5.74) is 0.923. The molecule has 0 aliphatic carbocycles. The highest BCUT2D eigenvalue weighted by atomic mass is 35.5. The first-order valence-corrected chi connectivity index (χ1v) is 4.62. The molecule has 0 unspecified atom stereocenters. The second-order valence-corrected chi connectivity index (χ2v) is 3.19. The molecule has 0 saturated heterocycles. The van der Waals surface area contributed by atoms with Crippen molar-refractivity contribution in [1.29, 1.82) is 0 Å². The van der Waals surface area contributed by atoms with Crippen molar-refractivity contribution in [3.63, 3.8) is 0 Å². The van der Waals surface area contributed by atoms with Crippen LogP contribution in [0.1, 0.15) is 10.4 Å². The van der Waals surface area contributed by atoms with Crippen LogP contribution < -0.4 is 0 Å². The monoisotopic (exact) mass is 211 g/mol. The minimum Gasteiger partial charge on any atom is -0.360 e. The fourth-order valence-electron chi connectivity index (χ4n) is 1.43. The van der Waals surface area contributed by atoms with Crippen LogP contribution >= 0.6 is 11.6 Å². The van der Waals surface area contributed by atoms with Crippen molar-refractivity contribution in [2.24, 2.45) is 0 Å². The minimum absolute atomic E-state index is 0.138. The van der Waals surface area contributed by atoms with Gasteiger partial charge in [-0.1, -0.05) is 6.07 Å². The smallest absolute Gasteiger partial charge is 0.179 e. The van der Waals surface area contributed by atoms with Crippen molar-refractivity contribution in [3.05, 3.63) is 35.8 Å². The largest absolute Gasteiger partial charge is 0.360 e. The lowest BCUT2D eigenvalue weighted by atomic mass is 10.1. The van der Waals surface area contributed by atoms with E-state index in [2.05, 4.69) is 4.98 Å². The molecule has 0 aliphatic heterocycles. The number of aromatic nitrogens is 1. The fourth-order valence-corrected chi connectivity index (χ4v) is 1.58. The van der Waals surface area contributed by atoms with Gasteiger partial charge in [0.2, 0.25) is 0 Å². The Bertz CT molecular complexity index is 492. The van der Waals surface area contributed by atoms with E-state index in [4.69, 9.17) is 11.6 Å². The third-order valence-electron chi connectivity index (χ3n) is 2.08. The molecule has 4 heteroatoms. The van der Waals surface area contributed by atoms with E-state index in [1.807, 2.05) is 0 Å². The molecular weight excluding hydrogens is 205 g/mol. The van der Waals surface area contributed by atoms with Gasteiger partial charge < -0.3 is 4.98 Å². The maximum Gasteiger partial charge on any atom is 0.179 e. The normalized spacial score (nSPS) is 10.7. The summed E-state index contributed by atoms with van der Waals surface area (Å²) in [6, 6.07) is 4.62. The first-order chi connectivity index (χ1) is 6.74. The molecule has 1 N–H and O–H groups in total. The molecule has 1 aromatic carbocycles. The molecule has 72 valence electrons. The predicted molar refractivity (Wildman–Crippen MR) is 53.3 cm³/mol. The Kier molecular flexibility index (Phi) is 2.25. The maximum absolute atomic E-state index is 13.4. The Morgan fingerprint density at radius 1 is 1.50 bits per heavy atom. The van der Waals surface area contributed by atoms with Gasteiger partial charge in [0.15, 0.2) is 5.78 Å². The van der Waals surface area contributed by atoms with Crippen LogP contribution in [0, 0.1) is 5.82 Å². The molecule has 0 atom stereocenters. The lowest BCUT2D eigenvalue weighted by molar-refractivity contribution is 0.102. The number of hydrogen-bond acceptors (Lipinski definition) is 1. The predicted octanol–water partition coefficient (Wildman–Crippen LogP) is 2.73. The van der Waals surface area contributed by atoms with Crippen molar-refractivity contribution >= 4 is 28.3 Å². The number of rotatable bonds is 2. The summed E-state index contributed by atoms with van der Waals surface area (Å²) in [5.74, 6) is -0.818. The number of fused-ring (bicyclic) bond motifs is 1. The van der Waals surface area contributed by atoms with Gasteiger partial charge in [0.1, 0.15) is 5.82 Å². The highest BCUT2D eigenvalue weighted by molar-refractivity contribution is 6.32. The number of nitrogens with one attached hydrogen (secondary N) is 1.